The summed E-state index contributed by atoms with van der Waals surface area (Å²) in [6, 6.07) is 3.46. The Morgan fingerprint density at radius 1 is 1.67 bits per heavy atom. The van der Waals surface area contributed by atoms with E-state index in [1.807, 2.05) is 0 Å². The van der Waals surface area contributed by atoms with Crippen molar-refractivity contribution in [1.82, 2.24) is 0 Å². The third-order valence-corrected chi connectivity index (χ3v) is 1.78. The Labute approximate surface area is 88.2 Å². The van der Waals surface area contributed by atoms with Gasteiger partial charge in [-0.25, -0.2) is 4.79 Å². The van der Waals surface area contributed by atoms with Gasteiger partial charge in [-0.15, -0.1) is 0 Å². The standard InChI is InChI=1S/C11H14O4/c1-2-14-11(13)9(5-6-12)8-10-4-3-7-15-10/h3-4,7-8,12H,2,5-6H2,1H3. The molecule has 0 fully saturated rings. The number of esters is 1. The highest BCUT2D eigenvalue weighted by molar-refractivity contribution is 5.93. The quantitative estimate of drug-likeness (QED) is 0.592. The molecule has 0 aliphatic rings. The van der Waals surface area contributed by atoms with Crippen molar-refractivity contribution >= 4 is 12.0 Å². The number of ether oxygens (including phenoxy) is 1. The van der Waals surface area contributed by atoms with Gasteiger partial charge in [-0.05, 0) is 25.1 Å². The molecule has 15 heavy (non-hydrogen) atoms. The fourth-order valence-electron chi connectivity index (χ4n) is 1.12. The summed E-state index contributed by atoms with van der Waals surface area (Å²) in [5.74, 6) is 0.162. The van der Waals surface area contributed by atoms with Crippen LogP contribution < -0.4 is 0 Å². The molecule has 4 nitrogen and oxygen atoms in total. The number of aliphatic hydroxyl groups excluding tert-OH is 1. The molecule has 1 heterocycles. The number of rotatable bonds is 5. The molecule has 0 spiro atoms. The van der Waals surface area contributed by atoms with Crippen molar-refractivity contribution in [2.45, 2.75) is 13.3 Å². The molecule has 0 radical (unpaired) electrons. The van der Waals surface area contributed by atoms with Gasteiger partial charge >= 0.3 is 5.97 Å². The lowest BCUT2D eigenvalue weighted by atomic mass is 10.1. The van der Waals surface area contributed by atoms with Crippen LogP contribution >= 0.6 is 0 Å². The molecular formula is C11H14O4. The fraction of sp³-hybridized carbons (Fsp3) is 0.364. The van der Waals surface area contributed by atoms with Gasteiger partial charge in [0.25, 0.3) is 0 Å². The fourth-order valence-corrected chi connectivity index (χ4v) is 1.12. The molecule has 1 N–H and O–H groups in total. The maximum absolute atomic E-state index is 11.4. The zero-order valence-electron chi connectivity index (χ0n) is 8.60. The first-order valence-corrected chi connectivity index (χ1v) is 4.80. The molecule has 0 saturated heterocycles. The summed E-state index contributed by atoms with van der Waals surface area (Å²) >= 11 is 0. The Kier molecular flexibility index (Phi) is 4.63. The van der Waals surface area contributed by atoms with E-state index < -0.39 is 5.97 Å². The van der Waals surface area contributed by atoms with E-state index in [1.165, 1.54) is 6.26 Å². The van der Waals surface area contributed by atoms with Crippen LogP contribution in [0.4, 0.5) is 0 Å². The molecule has 0 bridgehead atoms. The lowest BCUT2D eigenvalue weighted by molar-refractivity contribution is -0.138. The molecule has 0 aliphatic carbocycles. The van der Waals surface area contributed by atoms with E-state index in [1.54, 1.807) is 25.1 Å². The summed E-state index contributed by atoms with van der Waals surface area (Å²) in [7, 11) is 0. The van der Waals surface area contributed by atoms with Crippen molar-refractivity contribution in [2.75, 3.05) is 13.2 Å². The van der Waals surface area contributed by atoms with Gasteiger partial charge in [0.15, 0.2) is 0 Å². The van der Waals surface area contributed by atoms with E-state index in [0.717, 1.165) is 0 Å². The van der Waals surface area contributed by atoms with Gasteiger partial charge in [0.05, 0.1) is 12.9 Å². The first kappa shape index (κ1) is 11.5. The minimum absolute atomic E-state index is 0.0919. The smallest absolute Gasteiger partial charge is 0.334 e. The molecular weight excluding hydrogens is 196 g/mol. The van der Waals surface area contributed by atoms with Gasteiger partial charge < -0.3 is 14.3 Å². The van der Waals surface area contributed by atoms with E-state index in [4.69, 9.17) is 14.3 Å². The van der Waals surface area contributed by atoms with Gasteiger partial charge in [-0.3, -0.25) is 0 Å². The summed E-state index contributed by atoms with van der Waals surface area (Å²) < 4.78 is 9.92. The average Bonchev–Trinajstić information content (AvgIpc) is 2.70. The number of carbonyl (C=O) groups is 1. The second kappa shape index (κ2) is 6.03. The summed E-state index contributed by atoms with van der Waals surface area (Å²) in [5, 5.41) is 8.80. The minimum Gasteiger partial charge on any atom is -0.465 e. The van der Waals surface area contributed by atoms with Crippen LogP contribution in [-0.4, -0.2) is 24.3 Å². The average molecular weight is 210 g/mol. The second-order valence-electron chi connectivity index (χ2n) is 2.88. The molecule has 0 atom stereocenters. The van der Waals surface area contributed by atoms with Crippen LogP contribution in [0, 0.1) is 0 Å². The number of aliphatic hydroxyl groups is 1. The maximum Gasteiger partial charge on any atom is 0.334 e. The molecule has 0 amide bonds. The van der Waals surface area contributed by atoms with Crippen molar-refractivity contribution in [1.29, 1.82) is 0 Å². The van der Waals surface area contributed by atoms with E-state index in [2.05, 4.69) is 0 Å². The lowest BCUT2D eigenvalue weighted by Gasteiger charge is -2.04. The van der Waals surface area contributed by atoms with E-state index >= 15 is 0 Å². The SMILES string of the molecule is CCOC(=O)C(=Cc1ccco1)CCO. The van der Waals surface area contributed by atoms with Crippen LogP contribution in [0.3, 0.4) is 0 Å². The highest BCUT2D eigenvalue weighted by atomic mass is 16.5. The van der Waals surface area contributed by atoms with Gasteiger partial charge in [0.2, 0.25) is 0 Å². The monoisotopic (exact) mass is 210 g/mol. The number of furan rings is 1. The zero-order valence-corrected chi connectivity index (χ0v) is 8.60. The van der Waals surface area contributed by atoms with Crippen molar-refractivity contribution in [2.24, 2.45) is 0 Å². The Morgan fingerprint density at radius 2 is 2.47 bits per heavy atom. The Hall–Kier alpha value is -1.55. The Bertz CT molecular complexity index is 324. The number of hydrogen-bond acceptors (Lipinski definition) is 4. The summed E-state index contributed by atoms with van der Waals surface area (Å²) in [4.78, 5) is 11.4. The third-order valence-electron chi connectivity index (χ3n) is 1.78. The molecule has 4 heteroatoms. The predicted molar refractivity (Wildman–Crippen MR) is 55.0 cm³/mol. The molecule has 1 aromatic rings. The largest absolute Gasteiger partial charge is 0.465 e. The van der Waals surface area contributed by atoms with Crippen molar-refractivity contribution in [3.05, 3.63) is 29.7 Å². The van der Waals surface area contributed by atoms with Crippen LogP contribution in [0.1, 0.15) is 19.1 Å². The Morgan fingerprint density at radius 3 is 3.00 bits per heavy atom. The van der Waals surface area contributed by atoms with Gasteiger partial charge in [-0.1, -0.05) is 0 Å². The van der Waals surface area contributed by atoms with E-state index in [0.29, 0.717) is 17.9 Å². The second-order valence-corrected chi connectivity index (χ2v) is 2.88. The Balaban J connectivity index is 2.77. The molecule has 0 saturated carbocycles. The van der Waals surface area contributed by atoms with E-state index in [-0.39, 0.29) is 13.0 Å². The van der Waals surface area contributed by atoms with Crippen molar-refractivity contribution < 1.29 is 19.1 Å². The van der Waals surface area contributed by atoms with Gasteiger partial charge in [0.1, 0.15) is 5.76 Å². The van der Waals surface area contributed by atoms with Crippen molar-refractivity contribution in [3.8, 4) is 0 Å². The van der Waals surface area contributed by atoms with Crippen molar-refractivity contribution in [3.63, 3.8) is 0 Å². The lowest BCUT2D eigenvalue weighted by Crippen LogP contribution is -2.08. The van der Waals surface area contributed by atoms with Crippen LogP contribution in [0.2, 0.25) is 0 Å². The highest BCUT2D eigenvalue weighted by Gasteiger charge is 2.10. The highest BCUT2D eigenvalue weighted by Crippen LogP contribution is 2.11. The molecule has 82 valence electrons. The third kappa shape index (κ3) is 3.59. The molecule has 0 unspecified atom stereocenters. The van der Waals surface area contributed by atoms with Gasteiger partial charge in [0, 0.05) is 18.6 Å². The number of carbonyl (C=O) groups excluding carboxylic acids is 1. The molecule has 0 aliphatic heterocycles. The van der Waals surface area contributed by atoms with Crippen LogP contribution in [0.15, 0.2) is 28.4 Å². The first-order valence-electron chi connectivity index (χ1n) is 4.80. The molecule has 1 rings (SSSR count). The van der Waals surface area contributed by atoms with Crippen LogP contribution in [0.25, 0.3) is 6.08 Å². The van der Waals surface area contributed by atoms with Gasteiger partial charge in [-0.2, -0.15) is 0 Å². The maximum atomic E-state index is 11.4. The number of hydrogen-bond donors (Lipinski definition) is 1. The summed E-state index contributed by atoms with van der Waals surface area (Å²) in [6.45, 7) is 1.96. The predicted octanol–water partition coefficient (Wildman–Crippen LogP) is 1.61. The molecule has 1 aromatic heterocycles. The minimum atomic E-state index is -0.414. The first-order chi connectivity index (χ1) is 7.27. The summed E-state index contributed by atoms with van der Waals surface area (Å²) in [6.07, 6.45) is 3.36. The normalized spacial score (nSPS) is 11.5. The molecule has 0 aromatic carbocycles. The topological polar surface area (TPSA) is 59.7 Å². The van der Waals surface area contributed by atoms with E-state index in [9.17, 15) is 4.79 Å². The van der Waals surface area contributed by atoms with Crippen LogP contribution in [-0.2, 0) is 9.53 Å². The zero-order chi connectivity index (χ0) is 11.1. The van der Waals surface area contributed by atoms with Crippen LogP contribution in [0.5, 0.6) is 0 Å². The summed E-state index contributed by atoms with van der Waals surface area (Å²) in [5.41, 5.74) is 0.411.